The maximum atomic E-state index is 12.8. The Morgan fingerprint density at radius 1 is 1.00 bits per heavy atom. The van der Waals surface area contributed by atoms with Crippen molar-refractivity contribution in [3.05, 3.63) is 35.9 Å². The van der Waals surface area contributed by atoms with Crippen LogP contribution in [0.5, 0.6) is 0 Å². The van der Waals surface area contributed by atoms with Crippen LogP contribution in [0, 0.1) is 5.41 Å². The molecule has 1 heterocycles. The molecular weight excluding hydrogens is 280 g/mol. The molecule has 0 unspecified atom stereocenters. The fourth-order valence-corrected chi connectivity index (χ4v) is 3.20. The molecule has 1 aromatic carbocycles. The predicted molar refractivity (Wildman–Crippen MR) is 82.1 cm³/mol. The molecule has 2 aliphatic rings. The molecule has 1 N–H and O–H groups in total. The molecule has 1 saturated carbocycles. The Morgan fingerprint density at radius 3 is 2.14 bits per heavy atom. The van der Waals surface area contributed by atoms with Crippen LogP contribution in [-0.4, -0.2) is 59.5 Å². The van der Waals surface area contributed by atoms with E-state index >= 15 is 0 Å². The lowest BCUT2D eigenvalue weighted by molar-refractivity contribution is -0.144. The number of rotatable bonds is 4. The van der Waals surface area contributed by atoms with Crippen LogP contribution in [0.2, 0.25) is 0 Å². The summed E-state index contributed by atoms with van der Waals surface area (Å²) in [5.41, 5.74) is 0.993. The average Bonchev–Trinajstić information content (AvgIpc) is 3.35. The standard InChI is InChI=1S/C17H22N2O3/c20-13-15(21)18-8-10-19(11-9-18)16(22)17(6-7-17)12-14-4-2-1-3-5-14/h1-5,20H,6-13H2. The largest absolute Gasteiger partial charge is 0.387 e. The van der Waals surface area contributed by atoms with Crippen LogP contribution >= 0.6 is 0 Å². The molecule has 2 fully saturated rings. The van der Waals surface area contributed by atoms with Gasteiger partial charge in [0.05, 0.1) is 5.41 Å². The predicted octanol–water partition coefficient (Wildman–Crippen LogP) is 0.672. The van der Waals surface area contributed by atoms with Crippen LogP contribution in [-0.2, 0) is 16.0 Å². The van der Waals surface area contributed by atoms with Gasteiger partial charge in [-0.1, -0.05) is 30.3 Å². The summed E-state index contributed by atoms with van der Waals surface area (Å²) in [5, 5.41) is 8.89. The highest BCUT2D eigenvalue weighted by Crippen LogP contribution is 2.50. The van der Waals surface area contributed by atoms with Gasteiger partial charge in [-0.3, -0.25) is 9.59 Å². The van der Waals surface area contributed by atoms with Crippen molar-refractivity contribution in [1.82, 2.24) is 9.80 Å². The van der Waals surface area contributed by atoms with Gasteiger partial charge >= 0.3 is 0 Å². The summed E-state index contributed by atoms with van der Waals surface area (Å²) in [5.74, 6) is -0.0232. The molecule has 0 spiro atoms. The summed E-state index contributed by atoms with van der Waals surface area (Å²) in [6.45, 7) is 1.73. The number of piperazine rings is 1. The Morgan fingerprint density at radius 2 is 1.59 bits per heavy atom. The van der Waals surface area contributed by atoms with Crippen LogP contribution in [0.1, 0.15) is 18.4 Å². The van der Waals surface area contributed by atoms with Gasteiger partial charge in [0, 0.05) is 26.2 Å². The highest BCUT2D eigenvalue weighted by molar-refractivity contribution is 5.86. The van der Waals surface area contributed by atoms with Gasteiger partial charge in [-0.15, -0.1) is 0 Å². The summed E-state index contributed by atoms with van der Waals surface area (Å²) in [7, 11) is 0. The van der Waals surface area contributed by atoms with Gasteiger partial charge < -0.3 is 14.9 Å². The van der Waals surface area contributed by atoms with E-state index in [2.05, 4.69) is 12.1 Å². The van der Waals surface area contributed by atoms with E-state index in [0.717, 1.165) is 19.3 Å². The van der Waals surface area contributed by atoms with Crippen LogP contribution in [0.4, 0.5) is 0 Å². The van der Waals surface area contributed by atoms with E-state index in [1.54, 1.807) is 4.90 Å². The monoisotopic (exact) mass is 302 g/mol. The van der Waals surface area contributed by atoms with Gasteiger partial charge in [-0.2, -0.15) is 0 Å². The number of hydrogen-bond donors (Lipinski definition) is 1. The minimum atomic E-state index is -0.452. The van der Waals surface area contributed by atoms with Gasteiger partial charge in [-0.25, -0.2) is 0 Å². The Kier molecular flexibility index (Phi) is 4.16. The van der Waals surface area contributed by atoms with E-state index in [0.29, 0.717) is 26.2 Å². The van der Waals surface area contributed by atoms with Gasteiger partial charge in [0.15, 0.2) is 0 Å². The van der Waals surface area contributed by atoms with Crippen LogP contribution < -0.4 is 0 Å². The SMILES string of the molecule is O=C(CO)N1CCN(C(=O)C2(Cc3ccccc3)CC2)CC1. The number of aliphatic hydroxyl groups is 1. The molecule has 1 saturated heterocycles. The van der Waals surface area contributed by atoms with Crippen molar-refractivity contribution in [1.29, 1.82) is 0 Å². The molecule has 1 aliphatic carbocycles. The molecule has 118 valence electrons. The first-order chi connectivity index (χ1) is 10.6. The fourth-order valence-electron chi connectivity index (χ4n) is 3.20. The number of hydrogen-bond acceptors (Lipinski definition) is 3. The molecule has 0 atom stereocenters. The number of carbonyl (C=O) groups is 2. The zero-order chi connectivity index (χ0) is 15.6. The maximum Gasteiger partial charge on any atom is 0.248 e. The summed E-state index contributed by atoms with van der Waals surface area (Å²) in [6.07, 6.45) is 2.72. The zero-order valence-corrected chi connectivity index (χ0v) is 12.7. The first-order valence-corrected chi connectivity index (χ1v) is 7.87. The van der Waals surface area contributed by atoms with Crippen molar-refractivity contribution in [2.75, 3.05) is 32.8 Å². The lowest BCUT2D eigenvalue weighted by Crippen LogP contribution is -2.53. The number of carbonyl (C=O) groups excluding carboxylic acids is 2. The lowest BCUT2D eigenvalue weighted by Gasteiger charge is -2.36. The molecular formula is C17H22N2O3. The van der Waals surface area contributed by atoms with Crippen molar-refractivity contribution >= 4 is 11.8 Å². The molecule has 0 radical (unpaired) electrons. The van der Waals surface area contributed by atoms with E-state index in [1.807, 2.05) is 23.1 Å². The smallest absolute Gasteiger partial charge is 0.248 e. The summed E-state index contributed by atoms with van der Waals surface area (Å²) in [4.78, 5) is 27.8. The Balaban J connectivity index is 1.59. The molecule has 0 aromatic heterocycles. The first-order valence-electron chi connectivity index (χ1n) is 7.87. The number of nitrogens with zero attached hydrogens (tertiary/aromatic N) is 2. The molecule has 1 aromatic rings. The molecule has 0 bridgehead atoms. The summed E-state index contributed by atoms with van der Waals surface area (Å²) < 4.78 is 0. The van der Waals surface area contributed by atoms with Crippen molar-refractivity contribution < 1.29 is 14.7 Å². The molecule has 1 aliphatic heterocycles. The van der Waals surface area contributed by atoms with Crippen LogP contribution in [0.3, 0.4) is 0 Å². The molecule has 3 rings (SSSR count). The lowest BCUT2D eigenvalue weighted by atomic mass is 9.94. The van der Waals surface area contributed by atoms with Gasteiger partial charge in [-0.05, 0) is 24.8 Å². The van der Waals surface area contributed by atoms with Crippen molar-refractivity contribution in [3.63, 3.8) is 0 Å². The van der Waals surface area contributed by atoms with Crippen LogP contribution in [0.15, 0.2) is 30.3 Å². The second-order valence-corrected chi connectivity index (χ2v) is 6.27. The number of benzene rings is 1. The molecule has 5 nitrogen and oxygen atoms in total. The maximum absolute atomic E-state index is 12.8. The second kappa shape index (κ2) is 6.08. The number of amides is 2. The first kappa shape index (κ1) is 15.0. The third-order valence-electron chi connectivity index (χ3n) is 4.75. The molecule has 2 amide bonds. The fraction of sp³-hybridized carbons (Fsp3) is 0.529. The Hall–Kier alpha value is -1.88. The third kappa shape index (κ3) is 2.99. The molecule has 5 heteroatoms. The Bertz CT molecular complexity index is 546. The second-order valence-electron chi connectivity index (χ2n) is 6.27. The Labute approximate surface area is 130 Å². The highest BCUT2D eigenvalue weighted by Gasteiger charge is 2.51. The van der Waals surface area contributed by atoms with E-state index in [1.165, 1.54) is 5.56 Å². The van der Waals surface area contributed by atoms with Crippen molar-refractivity contribution in [2.45, 2.75) is 19.3 Å². The van der Waals surface area contributed by atoms with E-state index < -0.39 is 6.61 Å². The number of aliphatic hydroxyl groups excluding tert-OH is 1. The third-order valence-corrected chi connectivity index (χ3v) is 4.75. The van der Waals surface area contributed by atoms with Gasteiger partial charge in [0.2, 0.25) is 11.8 Å². The minimum absolute atomic E-state index is 0.218. The van der Waals surface area contributed by atoms with Crippen molar-refractivity contribution in [3.8, 4) is 0 Å². The van der Waals surface area contributed by atoms with E-state index in [9.17, 15) is 9.59 Å². The average molecular weight is 302 g/mol. The van der Waals surface area contributed by atoms with E-state index in [-0.39, 0.29) is 17.2 Å². The minimum Gasteiger partial charge on any atom is -0.387 e. The van der Waals surface area contributed by atoms with Gasteiger partial charge in [0.25, 0.3) is 0 Å². The topological polar surface area (TPSA) is 60.9 Å². The zero-order valence-electron chi connectivity index (χ0n) is 12.7. The normalized spacial score (nSPS) is 19.9. The molecule has 22 heavy (non-hydrogen) atoms. The highest BCUT2D eigenvalue weighted by atomic mass is 16.3. The van der Waals surface area contributed by atoms with Crippen LogP contribution in [0.25, 0.3) is 0 Å². The van der Waals surface area contributed by atoms with E-state index in [4.69, 9.17) is 5.11 Å². The van der Waals surface area contributed by atoms with Gasteiger partial charge in [0.1, 0.15) is 6.61 Å². The summed E-state index contributed by atoms with van der Waals surface area (Å²) >= 11 is 0. The van der Waals surface area contributed by atoms with Crippen molar-refractivity contribution in [2.24, 2.45) is 5.41 Å². The summed E-state index contributed by atoms with van der Waals surface area (Å²) in [6, 6.07) is 10.2. The quantitative estimate of drug-likeness (QED) is 0.889.